The average Bonchev–Trinajstić information content (AvgIpc) is 3.49. The number of rotatable bonds is 5. The summed E-state index contributed by atoms with van der Waals surface area (Å²) in [6.07, 6.45) is 4.15. The molecule has 6 rings (SSSR count). The molecule has 3 N–H and O–H groups in total. The van der Waals surface area contributed by atoms with Gasteiger partial charge in [-0.3, -0.25) is 0 Å². The van der Waals surface area contributed by atoms with Crippen molar-refractivity contribution in [1.29, 1.82) is 0 Å². The van der Waals surface area contributed by atoms with Crippen LogP contribution in [-0.4, -0.2) is 50.7 Å². The second kappa shape index (κ2) is 8.30. The molecule has 0 unspecified atom stereocenters. The van der Waals surface area contributed by atoms with Gasteiger partial charge in [0.05, 0.1) is 22.0 Å². The fourth-order valence-corrected chi connectivity index (χ4v) is 5.32. The molecule has 0 spiro atoms. The molecular formula is C25H27ClN6O3. The van der Waals surface area contributed by atoms with Crippen molar-refractivity contribution in [2.24, 2.45) is 0 Å². The Morgan fingerprint density at radius 3 is 2.80 bits per heavy atom. The highest BCUT2D eigenvalue weighted by molar-refractivity contribution is 6.33. The van der Waals surface area contributed by atoms with Crippen LogP contribution in [0.2, 0.25) is 5.02 Å². The van der Waals surface area contributed by atoms with Crippen molar-refractivity contribution in [3.63, 3.8) is 0 Å². The van der Waals surface area contributed by atoms with Gasteiger partial charge in [0.1, 0.15) is 35.8 Å². The standard InChI is InChI=1S/C25H27ClN6O3/c1-25(2)34-19-18(7-5-13-4-6-14-11-16(26)21(27)31-17(14)10-13)33-24(20(19)35-25)32-9-8-15-22(28-3)29-12-30-23(15)32/h4,6,8-12,18-20,24H,5,7H2,1-3H3,(H2,27,31)(H,28,29,30)/t18-,19-,20-,24-/m1/s1. The van der Waals surface area contributed by atoms with Gasteiger partial charge in [-0.25, -0.2) is 15.0 Å². The van der Waals surface area contributed by atoms with Crippen LogP contribution in [0.3, 0.4) is 0 Å². The molecule has 2 fully saturated rings. The summed E-state index contributed by atoms with van der Waals surface area (Å²) in [5.41, 5.74) is 8.67. The predicted octanol–water partition coefficient (Wildman–Crippen LogP) is 4.31. The first kappa shape index (κ1) is 22.5. The number of nitrogens with two attached hydrogens (primary N) is 1. The van der Waals surface area contributed by atoms with Crippen LogP contribution in [0.5, 0.6) is 0 Å². The first-order chi connectivity index (χ1) is 16.8. The van der Waals surface area contributed by atoms with Crippen molar-refractivity contribution in [2.75, 3.05) is 18.1 Å². The minimum absolute atomic E-state index is 0.145. The Hall–Kier alpha value is -2.98. The minimum Gasteiger partial charge on any atom is -0.382 e. The highest BCUT2D eigenvalue weighted by Gasteiger charge is 2.55. The zero-order valence-corrected chi connectivity index (χ0v) is 20.5. The molecule has 2 aliphatic rings. The molecule has 182 valence electrons. The van der Waals surface area contributed by atoms with Gasteiger partial charge < -0.3 is 29.8 Å². The van der Waals surface area contributed by atoms with Crippen molar-refractivity contribution in [2.45, 2.75) is 57.0 Å². The van der Waals surface area contributed by atoms with Crippen LogP contribution < -0.4 is 11.1 Å². The maximum Gasteiger partial charge on any atom is 0.164 e. The van der Waals surface area contributed by atoms with E-state index in [4.69, 9.17) is 31.5 Å². The molecule has 2 aliphatic heterocycles. The number of nitrogen functional groups attached to an aromatic ring is 1. The van der Waals surface area contributed by atoms with E-state index in [2.05, 4.69) is 32.4 Å². The lowest BCUT2D eigenvalue weighted by Gasteiger charge is -2.25. The number of aryl methyl sites for hydroxylation is 1. The van der Waals surface area contributed by atoms with E-state index in [-0.39, 0.29) is 24.5 Å². The Morgan fingerprint density at radius 2 is 1.97 bits per heavy atom. The summed E-state index contributed by atoms with van der Waals surface area (Å²) in [5, 5.41) is 5.47. The molecule has 10 heteroatoms. The summed E-state index contributed by atoms with van der Waals surface area (Å²) in [6, 6.07) is 10.00. The quantitative estimate of drug-likeness (QED) is 0.422. The van der Waals surface area contributed by atoms with Crippen LogP contribution in [-0.2, 0) is 20.6 Å². The van der Waals surface area contributed by atoms with E-state index in [1.165, 1.54) is 0 Å². The Balaban J connectivity index is 1.27. The first-order valence-corrected chi connectivity index (χ1v) is 12.1. The summed E-state index contributed by atoms with van der Waals surface area (Å²) >= 11 is 6.12. The molecule has 5 heterocycles. The van der Waals surface area contributed by atoms with Gasteiger partial charge in [-0.15, -0.1) is 0 Å². The van der Waals surface area contributed by atoms with Gasteiger partial charge in [-0.05, 0) is 50.5 Å². The number of hydrogen-bond donors (Lipinski definition) is 2. The van der Waals surface area contributed by atoms with E-state index in [0.29, 0.717) is 10.8 Å². The lowest BCUT2D eigenvalue weighted by Crippen LogP contribution is -2.29. The normalized spacial score (nSPS) is 25.4. The fourth-order valence-electron chi connectivity index (χ4n) is 5.16. The molecule has 2 saturated heterocycles. The zero-order chi connectivity index (χ0) is 24.3. The highest BCUT2D eigenvalue weighted by Crippen LogP contribution is 2.45. The van der Waals surface area contributed by atoms with Gasteiger partial charge >= 0.3 is 0 Å². The molecule has 0 amide bonds. The maximum absolute atomic E-state index is 6.57. The van der Waals surface area contributed by atoms with E-state index >= 15 is 0 Å². The van der Waals surface area contributed by atoms with E-state index in [1.54, 1.807) is 6.33 Å². The molecule has 4 aromatic rings. The van der Waals surface area contributed by atoms with Gasteiger partial charge in [-0.1, -0.05) is 23.7 Å². The number of anilines is 2. The molecule has 1 aromatic carbocycles. The van der Waals surface area contributed by atoms with Crippen molar-refractivity contribution >= 4 is 45.2 Å². The number of nitrogens with one attached hydrogen (secondary N) is 1. The summed E-state index contributed by atoms with van der Waals surface area (Å²) in [5.74, 6) is 0.424. The van der Waals surface area contributed by atoms with Crippen molar-refractivity contribution in [3.8, 4) is 0 Å². The van der Waals surface area contributed by atoms with Gasteiger partial charge in [0.15, 0.2) is 12.0 Å². The topological polar surface area (TPSA) is 109 Å². The number of ether oxygens (including phenoxy) is 3. The largest absolute Gasteiger partial charge is 0.382 e. The van der Waals surface area contributed by atoms with Crippen molar-refractivity contribution < 1.29 is 14.2 Å². The average molecular weight is 495 g/mol. The number of nitrogens with zero attached hydrogens (tertiary/aromatic N) is 4. The van der Waals surface area contributed by atoms with Gasteiger partial charge in [0.2, 0.25) is 0 Å². The van der Waals surface area contributed by atoms with E-state index in [9.17, 15) is 0 Å². The highest BCUT2D eigenvalue weighted by atomic mass is 35.5. The van der Waals surface area contributed by atoms with Crippen LogP contribution >= 0.6 is 11.6 Å². The molecule has 9 nitrogen and oxygen atoms in total. The number of aromatic nitrogens is 4. The lowest BCUT2D eigenvalue weighted by atomic mass is 10.0. The number of fused-ring (bicyclic) bond motifs is 3. The Kier molecular flexibility index (Phi) is 5.33. The monoisotopic (exact) mass is 494 g/mol. The Labute approximate surface area is 207 Å². The van der Waals surface area contributed by atoms with Crippen LogP contribution in [0, 0.1) is 0 Å². The molecule has 3 aromatic heterocycles. The molecule has 35 heavy (non-hydrogen) atoms. The minimum atomic E-state index is -0.687. The van der Waals surface area contributed by atoms with Crippen LogP contribution in [0.25, 0.3) is 21.9 Å². The van der Waals surface area contributed by atoms with Crippen LogP contribution in [0.1, 0.15) is 32.1 Å². The number of benzene rings is 1. The molecule has 4 atom stereocenters. The van der Waals surface area contributed by atoms with Crippen molar-refractivity contribution in [3.05, 3.63) is 53.4 Å². The second-order valence-electron chi connectivity index (χ2n) is 9.48. The van der Waals surface area contributed by atoms with Crippen LogP contribution in [0.15, 0.2) is 42.9 Å². The Morgan fingerprint density at radius 1 is 1.14 bits per heavy atom. The van der Waals surface area contributed by atoms with Crippen LogP contribution in [0.4, 0.5) is 11.6 Å². The SMILES string of the molecule is CNc1ncnc2c1ccn2[C@@H]1O[C@H](CCc2ccc3cc(Cl)c(N)nc3c2)[C@H]2OC(C)(C)O[C@H]21. The summed E-state index contributed by atoms with van der Waals surface area (Å²) in [7, 11) is 1.85. The first-order valence-electron chi connectivity index (χ1n) is 11.7. The summed E-state index contributed by atoms with van der Waals surface area (Å²) < 4.78 is 21.2. The van der Waals surface area contributed by atoms with Gasteiger partial charge in [-0.2, -0.15) is 0 Å². The smallest absolute Gasteiger partial charge is 0.164 e. The summed E-state index contributed by atoms with van der Waals surface area (Å²) in [4.78, 5) is 13.3. The number of pyridine rings is 1. The lowest BCUT2D eigenvalue weighted by molar-refractivity contribution is -0.196. The Bertz CT molecular complexity index is 1420. The third kappa shape index (κ3) is 3.88. The van der Waals surface area contributed by atoms with Gasteiger partial charge in [0, 0.05) is 18.6 Å². The number of hydrogen-bond acceptors (Lipinski definition) is 8. The van der Waals surface area contributed by atoms with Crippen molar-refractivity contribution in [1.82, 2.24) is 19.5 Å². The molecule has 0 radical (unpaired) electrons. The summed E-state index contributed by atoms with van der Waals surface area (Å²) in [6.45, 7) is 3.89. The molecule has 0 saturated carbocycles. The molecule has 0 bridgehead atoms. The third-order valence-electron chi connectivity index (χ3n) is 6.73. The second-order valence-corrected chi connectivity index (χ2v) is 9.89. The van der Waals surface area contributed by atoms with E-state index in [1.807, 2.05) is 49.9 Å². The van der Waals surface area contributed by atoms with E-state index < -0.39 is 5.79 Å². The fraction of sp³-hybridized carbons (Fsp3) is 0.400. The van der Waals surface area contributed by atoms with E-state index in [0.717, 1.165) is 46.2 Å². The zero-order valence-electron chi connectivity index (χ0n) is 19.7. The predicted molar refractivity (Wildman–Crippen MR) is 134 cm³/mol. The van der Waals surface area contributed by atoms with Gasteiger partial charge in [0.25, 0.3) is 0 Å². The number of halogens is 1. The molecule has 0 aliphatic carbocycles. The maximum atomic E-state index is 6.57. The molecular weight excluding hydrogens is 468 g/mol. The third-order valence-corrected chi connectivity index (χ3v) is 7.03.